The number of allylic oxidation sites excluding steroid dienone is 5. The number of nitrogens with one attached hydrogen (secondary N) is 1. The number of aryl methyl sites for hydroxylation is 1. The lowest BCUT2D eigenvalue weighted by atomic mass is 9.81. The summed E-state index contributed by atoms with van der Waals surface area (Å²) in [5, 5.41) is 3.48. The van der Waals surface area contributed by atoms with E-state index in [0.29, 0.717) is 5.92 Å². The van der Waals surface area contributed by atoms with Crippen molar-refractivity contribution in [3.8, 4) is 0 Å². The molecular formula is C20H25N. The molecule has 2 aliphatic rings. The second kappa shape index (κ2) is 6.44. The van der Waals surface area contributed by atoms with Crippen LogP contribution in [0.3, 0.4) is 0 Å². The summed E-state index contributed by atoms with van der Waals surface area (Å²) in [4.78, 5) is 0. The number of benzene rings is 1. The van der Waals surface area contributed by atoms with Crippen LogP contribution in [-0.4, -0.2) is 13.1 Å². The van der Waals surface area contributed by atoms with Gasteiger partial charge in [-0.3, -0.25) is 0 Å². The van der Waals surface area contributed by atoms with Crippen molar-refractivity contribution in [1.29, 1.82) is 0 Å². The van der Waals surface area contributed by atoms with Crippen LogP contribution in [0.25, 0.3) is 5.57 Å². The molecule has 1 nitrogen and oxygen atoms in total. The van der Waals surface area contributed by atoms with Crippen LogP contribution in [0.5, 0.6) is 0 Å². The number of hydrogen-bond acceptors (Lipinski definition) is 1. The van der Waals surface area contributed by atoms with E-state index in [0.717, 1.165) is 19.5 Å². The summed E-state index contributed by atoms with van der Waals surface area (Å²) in [5.74, 6) is 0.546. The van der Waals surface area contributed by atoms with Crippen LogP contribution in [-0.2, 0) is 0 Å². The Morgan fingerprint density at radius 2 is 1.76 bits per heavy atom. The summed E-state index contributed by atoms with van der Waals surface area (Å²) < 4.78 is 0. The van der Waals surface area contributed by atoms with Gasteiger partial charge in [0.05, 0.1) is 0 Å². The summed E-state index contributed by atoms with van der Waals surface area (Å²) in [6, 6.07) is 9.09. The highest BCUT2D eigenvalue weighted by Gasteiger charge is 2.20. The Balaban J connectivity index is 1.99. The average molecular weight is 279 g/mol. The Bertz CT molecular complexity index is 579. The Hall–Kier alpha value is -1.60. The molecule has 1 aromatic rings. The average Bonchev–Trinajstić information content (AvgIpc) is 2.52. The van der Waals surface area contributed by atoms with E-state index in [1.54, 1.807) is 11.1 Å². The molecule has 0 saturated carbocycles. The summed E-state index contributed by atoms with van der Waals surface area (Å²) >= 11 is 0. The molecule has 21 heavy (non-hydrogen) atoms. The summed E-state index contributed by atoms with van der Waals surface area (Å²) in [6.07, 6.45) is 10.6. The molecule has 1 fully saturated rings. The van der Waals surface area contributed by atoms with E-state index in [-0.39, 0.29) is 0 Å². The zero-order chi connectivity index (χ0) is 14.7. The van der Waals surface area contributed by atoms with Crippen molar-refractivity contribution in [2.45, 2.75) is 33.1 Å². The first-order valence-electron chi connectivity index (χ1n) is 8.08. The van der Waals surface area contributed by atoms with Gasteiger partial charge in [-0.1, -0.05) is 59.2 Å². The lowest BCUT2D eigenvalue weighted by Crippen LogP contribution is -2.24. The van der Waals surface area contributed by atoms with Crippen molar-refractivity contribution >= 4 is 5.57 Å². The topological polar surface area (TPSA) is 12.0 Å². The fourth-order valence-corrected chi connectivity index (χ4v) is 3.35. The summed E-state index contributed by atoms with van der Waals surface area (Å²) in [6.45, 7) is 6.59. The van der Waals surface area contributed by atoms with Crippen molar-refractivity contribution in [2.24, 2.45) is 5.92 Å². The first-order valence-corrected chi connectivity index (χ1v) is 8.08. The van der Waals surface area contributed by atoms with Gasteiger partial charge in [0.15, 0.2) is 0 Å². The lowest BCUT2D eigenvalue weighted by Gasteiger charge is -2.26. The van der Waals surface area contributed by atoms with E-state index in [1.807, 2.05) is 0 Å². The van der Waals surface area contributed by atoms with Crippen LogP contribution >= 0.6 is 0 Å². The lowest BCUT2D eigenvalue weighted by molar-refractivity contribution is 0.606. The Kier molecular flexibility index (Phi) is 4.40. The molecule has 0 aromatic heterocycles. The third-order valence-electron chi connectivity index (χ3n) is 4.61. The molecule has 1 saturated heterocycles. The Morgan fingerprint density at radius 1 is 1.05 bits per heavy atom. The highest BCUT2D eigenvalue weighted by atomic mass is 14.9. The Morgan fingerprint density at radius 3 is 2.38 bits per heavy atom. The van der Waals surface area contributed by atoms with Gasteiger partial charge < -0.3 is 5.32 Å². The molecule has 110 valence electrons. The SMILES string of the molecule is CC1=CCC(C(=C2CCNCC2)c2ccc(C)cc2)C=C1. The van der Waals surface area contributed by atoms with Crippen LogP contribution in [0.4, 0.5) is 0 Å². The van der Waals surface area contributed by atoms with Crippen molar-refractivity contribution in [3.63, 3.8) is 0 Å². The van der Waals surface area contributed by atoms with E-state index in [9.17, 15) is 0 Å². The molecule has 1 N–H and O–H groups in total. The molecule has 1 aliphatic carbocycles. The zero-order valence-corrected chi connectivity index (χ0v) is 13.2. The van der Waals surface area contributed by atoms with Gasteiger partial charge in [-0.05, 0) is 57.3 Å². The van der Waals surface area contributed by atoms with Gasteiger partial charge in [0.2, 0.25) is 0 Å². The van der Waals surface area contributed by atoms with E-state index in [2.05, 4.69) is 61.7 Å². The molecule has 3 rings (SSSR count). The molecule has 1 aliphatic heterocycles. The minimum Gasteiger partial charge on any atom is -0.316 e. The van der Waals surface area contributed by atoms with Crippen LogP contribution in [0.15, 0.2) is 53.6 Å². The van der Waals surface area contributed by atoms with Gasteiger partial charge in [0.1, 0.15) is 0 Å². The van der Waals surface area contributed by atoms with E-state index in [4.69, 9.17) is 0 Å². The van der Waals surface area contributed by atoms with Crippen molar-refractivity contribution in [2.75, 3.05) is 13.1 Å². The highest BCUT2D eigenvalue weighted by Crippen LogP contribution is 2.36. The van der Waals surface area contributed by atoms with Gasteiger partial charge in [-0.25, -0.2) is 0 Å². The normalized spacial score (nSPS) is 22.1. The molecule has 0 radical (unpaired) electrons. The monoisotopic (exact) mass is 279 g/mol. The maximum absolute atomic E-state index is 3.48. The molecule has 0 amide bonds. The second-order valence-corrected chi connectivity index (χ2v) is 6.28. The van der Waals surface area contributed by atoms with Crippen LogP contribution in [0.1, 0.15) is 37.3 Å². The Labute approximate surface area is 128 Å². The quantitative estimate of drug-likeness (QED) is 0.830. The third kappa shape index (κ3) is 3.36. The smallest absolute Gasteiger partial charge is 0.00614 e. The molecule has 0 spiro atoms. The van der Waals surface area contributed by atoms with Crippen LogP contribution < -0.4 is 5.32 Å². The third-order valence-corrected chi connectivity index (χ3v) is 4.61. The summed E-state index contributed by atoms with van der Waals surface area (Å²) in [5.41, 5.74) is 7.38. The van der Waals surface area contributed by atoms with Gasteiger partial charge in [0, 0.05) is 5.92 Å². The highest BCUT2D eigenvalue weighted by molar-refractivity contribution is 5.73. The molecule has 1 heteroatoms. The number of rotatable bonds is 2. The fourth-order valence-electron chi connectivity index (χ4n) is 3.35. The fraction of sp³-hybridized carbons (Fsp3) is 0.400. The first kappa shape index (κ1) is 14.3. The van der Waals surface area contributed by atoms with Crippen molar-refractivity contribution in [1.82, 2.24) is 5.32 Å². The summed E-state index contributed by atoms with van der Waals surface area (Å²) in [7, 11) is 0. The maximum Gasteiger partial charge on any atom is 0.00614 e. The first-order chi connectivity index (χ1) is 10.2. The van der Waals surface area contributed by atoms with Crippen molar-refractivity contribution < 1.29 is 0 Å². The van der Waals surface area contributed by atoms with E-state index >= 15 is 0 Å². The van der Waals surface area contributed by atoms with Crippen molar-refractivity contribution in [3.05, 3.63) is 64.8 Å². The molecular weight excluding hydrogens is 254 g/mol. The maximum atomic E-state index is 3.48. The predicted molar refractivity (Wildman–Crippen MR) is 91.2 cm³/mol. The van der Waals surface area contributed by atoms with Gasteiger partial charge >= 0.3 is 0 Å². The minimum absolute atomic E-state index is 0.546. The van der Waals surface area contributed by atoms with Gasteiger partial charge in [-0.2, -0.15) is 0 Å². The van der Waals surface area contributed by atoms with Crippen LogP contribution in [0, 0.1) is 12.8 Å². The van der Waals surface area contributed by atoms with Crippen LogP contribution in [0.2, 0.25) is 0 Å². The molecule has 1 aromatic carbocycles. The number of hydrogen-bond donors (Lipinski definition) is 1. The van der Waals surface area contributed by atoms with E-state index < -0.39 is 0 Å². The molecule has 1 atom stereocenters. The zero-order valence-electron chi connectivity index (χ0n) is 13.2. The second-order valence-electron chi connectivity index (χ2n) is 6.28. The molecule has 1 heterocycles. The van der Waals surface area contributed by atoms with E-state index in [1.165, 1.54) is 29.5 Å². The number of piperidine rings is 1. The largest absolute Gasteiger partial charge is 0.316 e. The van der Waals surface area contributed by atoms with Gasteiger partial charge in [-0.15, -0.1) is 0 Å². The molecule has 1 unspecified atom stereocenters. The minimum atomic E-state index is 0.546. The predicted octanol–water partition coefficient (Wildman–Crippen LogP) is 4.65. The van der Waals surface area contributed by atoms with Gasteiger partial charge in [0.25, 0.3) is 0 Å². The molecule has 0 bridgehead atoms. The standard InChI is InChI=1S/C20H25N/c1-15-3-7-17(8-4-15)20(19-11-13-21-14-12-19)18-9-5-16(2)6-10-18/h3-9,18,21H,10-14H2,1-2H3.